The van der Waals surface area contributed by atoms with Gasteiger partial charge in [0.25, 0.3) is 0 Å². The van der Waals surface area contributed by atoms with Crippen LogP contribution in [-0.2, 0) is 6.18 Å². The summed E-state index contributed by atoms with van der Waals surface area (Å²) in [7, 11) is 0. The maximum atomic E-state index is 13.1. The summed E-state index contributed by atoms with van der Waals surface area (Å²) in [6, 6.07) is 13.1. The molecule has 0 radical (unpaired) electrons. The number of fused-ring (bicyclic) bond motifs is 1. The number of furan rings is 1. The molecular weight excluding hydrogens is 419 g/mol. The molecule has 1 N–H and O–H groups in total. The number of hydrogen-bond acceptors (Lipinski definition) is 3. The number of aromatic nitrogens is 1. The van der Waals surface area contributed by atoms with Gasteiger partial charge in [0.2, 0.25) is 0 Å². The number of benzene rings is 2. The minimum Gasteiger partial charge on any atom is -0.478 e. The minimum atomic E-state index is -4.60. The van der Waals surface area contributed by atoms with Gasteiger partial charge in [-0.3, -0.25) is 0 Å². The van der Waals surface area contributed by atoms with Gasteiger partial charge in [-0.05, 0) is 55.5 Å². The molecule has 0 aliphatic rings. The average Bonchev–Trinajstić information content (AvgIpc) is 3.16. The number of carbonyl (C=O) groups is 1. The van der Waals surface area contributed by atoms with Crippen molar-refractivity contribution in [1.29, 1.82) is 0 Å². The van der Waals surface area contributed by atoms with Crippen molar-refractivity contribution in [2.24, 2.45) is 0 Å². The van der Waals surface area contributed by atoms with E-state index in [1.165, 1.54) is 24.3 Å². The van der Waals surface area contributed by atoms with Gasteiger partial charge in [0.1, 0.15) is 11.5 Å². The van der Waals surface area contributed by atoms with Crippen molar-refractivity contribution < 1.29 is 27.5 Å². The van der Waals surface area contributed by atoms with Crippen molar-refractivity contribution in [3.63, 3.8) is 0 Å². The summed E-state index contributed by atoms with van der Waals surface area (Å²) in [5.74, 6) is -0.707. The van der Waals surface area contributed by atoms with E-state index < -0.39 is 22.7 Å². The lowest BCUT2D eigenvalue weighted by molar-refractivity contribution is -0.137. The molecule has 0 aliphatic carbocycles. The number of aromatic carboxylic acids is 1. The van der Waals surface area contributed by atoms with E-state index in [1.54, 1.807) is 12.1 Å². The molecule has 30 heavy (non-hydrogen) atoms. The van der Waals surface area contributed by atoms with Crippen molar-refractivity contribution in [2.45, 2.75) is 13.1 Å². The maximum Gasteiger partial charge on any atom is 0.417 e. The summed E-state index contributed by atoms with van der Waals surface area (Å²) in [6.07, 6.45) is -4.60. The lowest BCUT2D eigenvalue weighted by Crippen LogP contribution is -2.05. The maximum absolute atomic E-state index is 13.1. The summed E-state index contributed by atoms with van der Waals surface area (Å²) in [6.45, 7) is 1.85. The van der Waals surface area contributed by atoms with E-state index in [0.29, 0.717) is 10.9 Å². The number of nitrogens with zero attached hydrogens (tertiary/aromatic N) is 1. The molecule has 152 valence electrons. The van der Waals surface area contributed by atoms with E-state index >= 15 is 0 Å². The molecule has 4 rings (SSSR count). The molecule has 0 spiro atoms. The third kappa shape index (κ3) is 3.64. The minimum absolute atomic E-state index is 0.0579. The lowest BCUT2D eigenvalue weighted by atomic mass is 10.0. The zero-order valence-electron chi connectivity index (χ0n) is 15.4. The zero-order chi connectivity index (χ0) is 21.6. The van der Waals surface area contributed by atoms with Crippen LogP contribution in [0.5, 0.6) is 0 Å². The highest BCUT2D eigenvalue weighted by Crippen LogP contribution is 2.38. The Labute approximate surface area is 173 Å². The Bertz CT molecular complexity index is 1290. The van der Waals surface area contributed by atoms with Gasteiger partial charge < -0.3 is 9.52 Å². The Morgan fingerprint density at radius 1 is 1.03 bits per heavy atom. The number of aryl methyl sites for hydroxylation is 1. The van der Waals surface area contributed by atoms with E-state index in [9.17, 15) is 23.1 Å². The first-order valence-corrected chi connectivity index (χ1v) is 9.13. The standard InChI is InChI=1S/C22H13ClF3NO3/c1-11-2-5-17-13(8-11)14(21(28)29)10-18(27-17)20-7-6-19(30-20)12-3-4-16(23)15(9-12)22(24,25)26/h2-10H,1H3,(H,28,29). The van der Waals surface area contributed by atoms with Gasteiger partial charge >= 0.3 is 12.1 Å². The summed E-state index contributed by atoms with van der Waals surface area (Å²) in [5, 5.41) is 9.67. The highest BCUT2D eigenvalue weighted by Gasteiger charge is 2.33. The highest BCUT2D eigenvalue weighted by molar-refractivity contribution is 6.31. The van der Waals surface area contributed by atoms with Crippen LogP contribution in [-0.4, -0.2) is 16.1 Å². The molecule has 0 bridgehead atoms. The van der Waals surface area contributed by atoms with Crippen LogP contribution in [0.2, 0.25) is 5.02 Å². The first kappa shape index (κ1) is 20.0. The Kier molecular flexibility index (Phi) is 4.78. The van der Waals surface area contributed by atoms with Crippen molar-refractivity contribution in [1.82, 2.24) is 4.98 Å². The quantitative estimate of drug-likeness (QED) is 0.385. The number of carboxylic acids is 1. The molecule has 0 fully saturated rings. The third-order valence-corrected chi connectivity index (χ3v) is 4.94. The normalized spacial score (nSPS) is 11.8. The van der Waals surface area contributed by atoms with E-state index in [0.717, 1.165) is 17.7 Å². The van der Waals surface area contributed by atoms with E-state index in [1.807, 2.05) is 13.0 Å². The van der Waals surface area contributed by atoms with Crippen molar-refractivity contribution >= 4 is 28.5 Å². The lowest BCUT2D eigenvalue weighted by Gasteiger charge is -2.10. The highest BCUT2D eigenvalue weighted by atomic mass is 35.5. The van der Waals surface area contributed by atoms with Gasteiger partial charge in [-0.15, -0.1) is 0 Å². The van der Waals surface area contributed by atoms with E-state index in [2.05, 4.69) is 4.98 Å². The molecular formula is C22H13ClF3NO3. The van der Waals surface area contributed by atoms with Crippen LogP contribution >= 0.6 is 11.6 Å². The molecule has 0 saturated heterocycles. The van der Waals surface area contributed by atoms with Gasteiger partial charge in [-0.2, -0.15) is 13.2 Å². The van der Waals surface area contributed by atoms with Gasteiger partial charge in [-0.25, -0.2) is 9.78 Å². The molecule has 0 amide bonds. The molecule has 0 aliphatic heterocycles. The Balaban J connectivity index is 1.81. The summed E-state index contributed by atoms with van der Waals surface area (Å²) in [5.41, 5.74) is 0.907. The summed E-state index contributed by atoms with van der Waals surface area (Å²) < 4.78 is 45.1. The second-order valence-electron chi connectivity index (χ2n) is 6.74. The predicted octanol–water partition coefficient (Wildman–Crippen LogP) is 6.84. The number of halogens is 4. The topological polar surface area (TPSA) is 63.3 Å². The second-order valence-corrected chi connectivity index (χ2v) is 7.14. The van der Waals surface area contributed by atoms with Crippen LogP contribution in [0.3, 0.4) is 0 Å². The molecule has 4 aromatic rings. The SMILES string of the molecule is Cc1ccc2nc(-c3ccc(-c4ccc(Cl)c(C(F)(F)F)c4)o3)cc(C(=O)O)c2c1. The van der Waals surface area contributed by atoms with Crippen molar-refractivity contribution in [3.05, 3.63) is 76.3 Å². The fourth-order valence-electron chi connectivity index (χ4n) is 3.17. The molecule has 0 saturated carbocycles. The molecule has 4 nitrogen and oxygen atoms in total. The second kappa shape index (κ2) is 7.18. The van der Waals surface area contributed by atoms with E-state index in [-0.39, 0.29) is 28.3 Å². The number of carboxylic acid groups (broad SMARTS) is 1. The van der Waals surface area contributed by atoms with Gasteiger partial charge in [0.05, 0.1) is 21.7 Å². The van der Waals surface area contributed by atoms with Crippen LogP contribution in [0, 0.1) is 6.92 Å². The Morgan fingerprint density at radius 2 is 1.77 bits per heavy atom. The van der Waals surface area contributed by atoms with Crippen LogP contribution in [0.4, 0.5) is 13.2 Å². The van der Waals surface area contributed by atoms with Crippen LogP contribution in [0.25, 0.3) is 33.7 Å². The number of pyridine rings is 1. The zero-order valence-corrected chi connectivity index (χ0v) is 16.2. The first-order chi connectivity index (χ1) is 14.1. The third-order valence-electron chi connectivity index (χ3n) is 4.61. The molecule has 2 heterocycles. The Morgan fingerprint density at radius 3 is 2.47 bits per heavy atom. The molecule has 0 unspecified atom stereocenters. The Hall–Kier alpha value is -3.32. The van der Waals surface area contributed by atoms with Crippen molar-refractivity contribution in [3.8, 4) is 22.8 Å². The number of hydrogen-bond donors (Lipinski definition) is 1. The number of alkyl halides is 3. The average molecular weight is 432 g/mol. The smallest absolute Gasteiger partial charge is 0.417 e. The van der Waals surface area contributed by atoms with E-state index in [4.69, 9.17) is 16.0 Å². The molecule has 8 heteroatoms. The van der Waals surface area contributed by atoms with Gasteiger partial charge in [0.15, 0.2) is 5.76 Å². The monoisotopic (exact) mass is 431 g/mol. The predicted molar refractivity (Wildman–Crippen MR) is 107 cm³/mol. The van der Waals surface area contributed by atoms with Crippen LogP contribution < -0.4 is 0 Å². The van der Waals surface area contributed by atoms with Crippen molar-refractivity contribution in [2.75, 3.05) is 0 Å². The van der Waals surface area contributed by atoms with Crippen LogP contribution in [0.1, 0.15) is 21.5 Å². The summed E-state index contributed by atoms with van der Waals surface area (Å²) in [4.78, 5) is 16.2. The largest absolute Gasteiger partial charge is 0.478 e. The number of rotatable bonds is 3. The fraction of sp³-hybridized carbons (Fsp3) is 0.0909. The van der Waals surface area contributed by atoms with Gasteiger partial charge in [-0.1, -0.05) is 23.2 Å². The fourth-order valence-corrected chi connectivity index (χ4v) is 3.39. The molecule has 0 atom stereocenters. The van der Waals surface area contributed by atoms with Gasteiger partial charge in [0, 0.05) is 10.9 Å². The molecule has 2 aromatic heterocycles. The van der Waals surface area contributed by atoms with Crippen LogP contribution in [0.15, 0.2) is 59.0 Å². The summed E-state index contributed by atoms with van der Waals surface area (Å²) >= 11 is 5.67. The molecule has 2 aromatic carbocycles. The first-order valence-electron chi connectivity index (χ1n) is 8.75.